The third kappa shape index (κ3) is 6.28. The average molecular weight is 561 g/mol. The van der Waals surface area contributed by atoms with Crippen LogP contribution in [0, 0.1) is 6.92 Å². The zero-order chi connectivity index (χ0) is 29.1. The quantitative estimate of drug-likeness (QED) is 0.286. The van der Waals surface area contributed by atoms with E-state index >= 15 is 0 Å². The number of carboxylic acids is 1. The summed E-state index contributed by atoms with van der Waals surface area (Å²) in [5.74, 6) is -4.30. The molecule has 2 amide bonds. The number of hydrogen-bond acceptors (Lipinski definition) is 5. The molecule has 8 nitrogen and oxygen atoms in total. The third-order valence-electron chi connectivity index (χ3n) is 7.37. The van der Waals surface area contributed by atoms with Gasteiger partial charge < -0.3 is 26.0 Å². The first-order valence-corrected chi connectivity index (χ1v) is 13.4. The number of hydrogen-bond donors (Lipinski definition) is 4. The molecule has 0 bridgehead atoms. The van der Waals surface area contributed by atoms with Gasteiger partial charge in [0, 0.05) is 55.8 Å². The number of nitrogens with zero attached hydrogens (tertiary/aromatic N) is 1. The number of aryl methyl sites for hydroxylation is 1. The predicted octanol–water partition coefficient (Wildman–Crippen LogP) is 5.09. The summed E-state index contributed by atoms with van der Waals surface area (Å²) in [4.78, 5) is 39.4. The van der Waals surface area contributed by atoms with Crippen LogP contribution in [-0.2, 0) is 4.79 Å². The molecule has 1 saturated heterocycles. The van der Waals surface area contributed by atoms with Gasteiger partial charge in [0.25, 0.3) is 17.7 Å². The first-order chi connectivity index (χ1) is 19.6. The molecule has 0 atom stereocenters. The number of carbonyl (C=O) groups is 3. The molecular weight excluding hydrogens is 530 g/mol. The molecular formula is C31H30F2N4O4. The van der Waals surface area contributed by atoms with E-state index in [-0.39, 0.29) is 30.2 Å². The fourth-order valence-corrected chi connectivity index (χ4v) is 5.07. The highest BCUT2D eigenvalue weighted by molar-refractivity contribution is 6.37. The first-order valence-electron chi connectivity index (χ1n) is 13.4. The Balaban J connectivity index is 1.34. The van der Waals surface area contributed by atoms with Crippen LogP contribution in [0.1, 0.15) is 50.2 Å². The lowest BCUT2D eigenvalue weighted by atomic mass is 9.96. The van der Waals surface area contributed by atoms with E-state index in [4.69, 9.17) is 0 Å². The van der Waals surface area contributed by atoms with Crippen molar-refractivity contribution >= 4 is 40.4 Å². The Morgan fingerprint density at radius 1 is 1.00 bits per heavy atom. The monoisotopic (exact) mass is 560 g/mol. The van der Waals surface area contributed by atoms with E-state index in [1.807, 2.05) is 35.2 Å². The molecule has 0 radical (unpaired) electrons. The number of halogens is 2. The van der Waals surface area contributed by atoms with Gasteiger partial charge in [0.15, 0.2) is 0 Å². The normalized spacial score (nSPS) is 17.4. The van der Waals surface area contributed by atoms with Gasteiger partial charge in [-0.2, -0.15) is 0 Å². The average Bonchev–Trinajstić information content (AvgIpc) is 3.27. The highest BCUT2D eigenvalue weighted by atomic mass is 19.3. The molecule has 3 aromatic carbocycles. The lowest BCUT2D eigenvalue weighted by Gasteiger charge is -2.31. The number of alkyl halides is 2. The first kappa shape index (κ1) is 28.0. The standard InChI is InChI=1S/C31H30F2N4O4/c1-19-17-24-25(18-23(19)30(40)41)36-29(39)26(24)27(20-5-3-2-4-6-20)35-22-9-7-21(8-10-22)28(38)34-13-16-37-14-11-31(32,33)12-15-37/h2-10,17-18,35H,11-16H2,1H3,(H,34,38)(H,36,39)(H,40,41)/b27-26+. The van der Waals surface area contributed by atoms with Crippen molar-refractivity contribution in [3.05, 3.63) is 94.5 Å². The van der Waals surface area contributed by atoms with Gasteiger partial charge in [-0.1, -0.05) is 30.3 Å². The van der Waals surface area contributed by atoms with Crippen molar-refractivity contribution in [3.8, 4) is 0 Å². The molecule has 2 heterocycles. The van der Waals surface area contributed by atoms with Crippen LogP contribution in [0.3, 0.4) is 0 Å². The van der Waals surface area contributed by atoms with Crippen LogP contribution in [0.25, 0.3) is 11.3 Å². The summed E-state index contributed by atoms with van der Waals surface area (Å²) in [7, 11) is 0. The molecule has 0 aliphatic carbocycles. The van der Waals surface area contributed by atoms with Gasteiger partial charge in [-0.05, 0) is 54.4 Å². The lowest BCUT2D eigenvalue weighted by Crippen LogP contribution is -2.43. The Morgan fingerprint density at radius 3 is 2.34 bits per heavy atom. The van der Waals surface area contributed by atoms with Gasteiger partial charge in [0.05, 0.1) is 22.5 Å². The summed E-state index contributed by atoms with van der Waals surface area (Å²) in [5.41, 5.74) is 4.42. The zero-order valence-corrected chi connectivity index (χ0v) is 22.5. The fourth-order valence-electron chi connectivity index (χ4n) is 5.07. The summed E-state index contributed by atoms with van der Waals surface area (Å²) in [6.45, 7) is 3.17. The third-order valence-corrected chi connectivity index (χ3v) is 7.37. The van der Waals surface area contributed by atoms with Crippen molar-refractivity contribution in [1.82, 2.24) is 10.2 Å². The second kappa shape index (κ2) is 11.5. The Hall–Kier alpha value is -4.57. The van der Waals surface area contributed by atoms with E-state index in [0.717, 1.165) is 5.56 Å². The molecule has 212 valence electrons. The Labute approximate surface area is 236 Å². The van der Waals surface area contributed by atoms with Crippen LogP contribution in [0.4, 0.5) is 20.2 Å². The molecule has 0 saturated carbocycles. The van der Waals surface area contributed by atoms with Gasteiger partial charge in [0.1, 0.15) is 0 Å². The van der Waals surface area contributed by atoms with Crippen molar-refractivity contribution < 1.29 is 28.3 Å². The maximum Gasteiger partial charge on any atom is 0.336 e. The van der Waals surface area contributed by atoms with Crippen LogP contribution in [0.15, 0.2) is 66.7 Å². The number of likely N-dealkylation sites (tertiary alicyclic amines) is 1. The van der Waals surface area contributed by atoms with Crippen molar-refractivity contribution in [3.63, 3.8) is 0 Å². The molecule has 0 unspecified atom stereocenters. The molecule has 1 fully saturated rings. The van der Waals surface area contributed by atoms with Gasteiger partial charge in [-0.3, -0.25) is 9.59 Å². The molecule has 2 aliphatic rings. The van der Waals surface area contributed by atoms with E-state index in [0.29, 0.717) is 65.5 Å². The summed E-state index contributed by atoms with van der Waals surface area (Å²) in [5, 5.41) is 18.5. The number of benzene rings is 3. The number of nitrogens with one attached hydrogen (secondary N) is 3. The largest absolute Gasteiger partial charge is 0.478 e. The zero-order valence-electron chi connectivity index (χ0n) is 22.5. The number of anilines is 2. The highest BCUT2D eigenvalue weighted by Crippen LogP contribution is 2.39. The maximum atomic E-state index is 13.3. The number of aromatic carboxylic acids is 1. The topological polar surface area (TPSA) is 111 Å². The Bertz CT molecular complexity index is 1510. The molecule has 5 rings (SSSR count). The number of rotatable bonds is 8. The van der Waals surface area contributed by atoms with Crippen molar-refractivity contribution in [2.24, 2.45) is 0 Å². The molecule has 2 aliphatic heterocycles. The van der Waals surface area contributed by atoms with Crippen molar-refractivity contribution in [1.29, 1.82) is 0 Å². The van der Waals surface area contributed by atoms with E-state index in [1.54, 1.807) is 37.3 Å². The van der Waals surface area contributed by atoms with Crippen LogP contribution >= 0.6 is 0 Å². The predicted molar refractivity (Wildman–Crippen MR) is 153 cm³/mol. The number of piperidine rings is 1. The SMILES string of the molecule is Cc1cc2c(cc1C(=O)O)NC(=O)/C2=C(/Nc1ccc(C(=O)NCCN2CCC(F)(F)CC2)cc1)c1ccccc1. The van der Waals surface area contributed by atoms with Gasteiger partial charge in [-0.25, -0.2) is 13.6 Å². The summed E-state index contributed by atoms with van der Waals surface area (Å²) in [6.07, 6.45) is -0.320. The van der Waals surface area contributed by atoms with Gasteiger partial charge in [0.2, 0.25) is 0 Å². The summed E-state index contributed by atoms with van der Waals surface area (Å²) >= 11 is 0. The van der Waals surface area contributed by atoms with Crippen LogP contribution in [0.5, 0.6) is 0 Å². The van der Waals surface area contributed by atoms with Gasteiger partial charge >= 0.3 is 5.97 Å². The fraction of sp³-hybridized carbons (Fsp3) is 0.258. The maximum absolute atomic E-state index is 13.3. The minimum Gasteiger partial charge on any atom is -0.478 e. The molecule has 3 aromatic rings. The molecule has 0 spiro atoms. The van der Waals surface area contributed by atoms with E-state index in [2.05, 4.69) is 16.0 Å². The second-order valence-electron chi connectivity index (χ2n) is 10.2. The minimum atomic E-state index is -2.60. The highest BCUT2D eigenvalue weighted by Gasteiger charge is 2.34. The Morgan fingerprint density at radius 2 is 1.68 bits per heavy atom. The summed E-state index contributed by atoms with van der Waals surface area (Å²) < 4.78 is 26.7. The number of carbonyl (C=O) groups excluding carboxylic acids is 2. The smallest absolute Gasteiger partial charge is 0.336 e. The summed E-state index contributed by atoms with van der Waals surface area (Å²) in [6, 6.07) is 19.3. The van der Waals surface area contributed by atoms with Crippen LogP contribution in [-0.4, -0.2) is 59.9 Å². The van der Waals surface area contributed by atoms with Crippen LogP contribution < -0.4 is 16.0 Å². The lowest BCUT2D eigenvalue weighted by molar-refractivity contribution is -0.110. The van der Waals surface area contributed by atoms with E-state index < -0.39 is 11.9 Å². The van der Waals surface area contributed by atoms with Crippen LogP contribution in [0.2, 0.25) is 0 Å². The van der Waals surface area contributed by atoms with Gasteiger partial charge in [-0.15, -0.1) is 0 Å². The Kier molecular flexibility index (Phi) is 7.85. The molecule has 4 N–H and O–H groups in total. The molecule has 10 heteroatoms. The second-order valence-corrected chi connectivity index (χ2v) is 10.2. The number of amides is 2. The van der Waals surface area contributed by atoms with Crippen molar-refractivity contribution in [2.75, 3.05) is 36.8 Å². The van der Waals surface area contributed by atoms with E-state index in [1.165, 1.54) is 6.07 Å². The molecule has 0 aromatic heterocycles. The number of carboxylic acid groups (broad SMARTS) is 1. The van der Waals surface area contributed by atoms with E-state index in [9.17, 15) is 28.3 Å². The van der Waals surface area contributed by atoms with Crippen molar-refractivity contribution in [2.45, 2.75) is 25.7 Å². The number of fused-ring (bicyclic) bond motifs is 1. The molecule has 41 heavy (non-hydrogen) atoms. The minimum absolute atomic E-state index is 0.117.